The zero-order valence-electron chi connectivity index (χ0n) is 19.8. The number of aliphatic hydroxyl groups is 1. The molecule has 1 aliphatic carbocycles. The number of terminal acetylenes is 1. The van der Waals surface area contributed by atoms with Gasteiger partial charge >= 0.3 is 0 Å². The summed E-state index contributed by atoms with van der Waals surface area (Å²) in [6.45, 7) is 4.99. The molecule has 2 atom stereocenters. The van der Waals surface area contributed by atoms with Crippen LogP contribution < -0.4 is 4.74 Å². The maximum absolute atomic E-state index is 13.6. The zero-order chi connectivity index (χ0) is 23.9. The number of aliphatic hydroxyl groups excluding tert-OH is 1. The van der Waals surface area contributed by atoms with Crippen LogP contribution in [0.3, 0.4) is 0 Å². The maximum atomic E-state index is 13.6. The minimum atomic E-state index is -0.676. The monoisotopic (exact) mass is 482 g/mol. The van der Waals surface area contributed by atoms with Crippen LogP contribution in [-0.2, 0) is 16.0 Å². The lowest BCUT2D eigenvalue weighted by Gasteiger charge is -2.37. The van der Waals surface area contributed by atoms with Gasteiger partial charge in [-0.1, -0.05) is 18.1 Å². The maximum Gasteiger partial charge on any atom is 0.237 e. The van der Waals surface area contributed by atoms with E-state index < -0.39 is 6.10 Å². The first-order valence-electron chi connectivity index (χ1n) is 12.0. The summed E-state index contributed by atoms with van der Waals surface area (Å²) in [5.41, 5.74) is 2.33. The van der Waals surface area contributed by atoms with Crippen molar-refractivity contribution < 1.29 is 19.4 Å². The van der Waals surface area contributed by atoms with Gasteiger partial charge < -0.3 is 19.5 Å². The average Bonchev–Trinajstić information content (AvgIpc) is 3.49. The van der Waals surface area contributed by atoms with Gasteiger partial charge in [-0.15, -0.1) is 17.8 Å². The Morgan fingerprint density at radius 2 is 2.24 bits per heavy atom. The number of rotatable bonds is 12. The number of amides is 1. The fourth-order valence-corrected chi connectivity index (χ4v) is 5.44. The highest BCUT2D eigenvalue weighted by Gasteiger charge is 2.34. The molecular formula is C27H34N2O4S. The van der Waals surface area contributed by atoms with E-state index in [9.17, 15) is 9.90 Å². The van der Waals surface area contributed by atoms with E-state index in [1.807, 2.05) is 36.1 Å². The molecule has 1 saturated carbocycles. The molecule has 182 valence electrons. The highest BCUT2D eigenvalue weighted by atomic mass is 32.1. The van der Waals surface area contributed by atoms with Gasteiger partial charge in [0.15, 0.2) is 0 Å². The summed E-state index contributed by atoms with van der Waals surface area (Å²) >= 11 is 1.75. The Kier molecular flexibility index (Phi) is 8.63. The SMILES string of the molecule is C#CCOC[C@H](O)CN(CC(=O)N1CCc2sccc2[C@H]1COc1cccc(C)c1)CC1CC1. The van der Waals surface area contributed by atoms with Gasteiger partial charge in [0.05, 0.1) is 25.3 Å². The molecule has 0 radical (unpaired) electrons. The molecule has 1 amide bonds. The van der Waals surface area contributed by atoms with Crippen molar-refractivity contribution in [3.8, 4) is 18.1 Å². The van der Waals surface area contributed by atoms with Crippen LogP contribution >= 0.6 is 11.3 Å². The van der Waals surface area contributed by atoms with Crippen LogP contribution in [0.25, 0.3) is 0 Å². The molecule has 0 spiro atoms. The van der Waals surface area contributed by atoms with E-state index in [0.717, 1.165) is 24.3 Å². The van der Waals surface area contributed by atoms with E-state index in [1.165, 1.54) is 23.3 Å². The highest BCUT2D eigenvalue weighted by molar-refractivity contribution is 7.10. The lowest BCUT2D eigenvalue weighted by atomic mass is 10.0. The van der Waals surface area contributed by atoms with Crippen LogP contribution in [0.15, 0.2) is 35.7 Å². The normalized spacial score (nSPS) is 18.4. The predicted octanol–water partition coefficient (Wildman–Crippen LogP) is 3.28. The Hall–Kier alpha value is -2.37. The molecule has 2 heterocycles. The summed E-state index contributed by atoms with van der Waals surface area (Å²) in [6, 6.07) is 10.0. The van der Waals surface area contributed by atoms with Crippen LogP contribution in [-0.4, -0.2) is 72.9 Å². The van der Waals surface area contributed by atoms with E-state index in [4.69, 9.17) is 15.9 Å². The minimum absolute atomic E-state index is 0.0760. The highest BCUT2D eigenvalue weighted by Crippen LogP contribution is 2.34. The third-order valence-electron chi connectivity index (χ3n) is 6.35. The summed E-state index contributed by atoms with van der Waals surface area (Å²) in [4.78, 5) is 18.9. The molecule has 0 bridgehead atoms. The van der Waals surface area contributed by atoms with Gasteiger partial charge in [0.1, 0.15) is 19.0 Å². The third-order valence-corrected chi connectivity index (χ3v) is 7.35. The molecule has 34 heavy (non-hydrogen) atoms. The molecule has 4 rings (SSSR count). The summed E-state index contributed by atoms with van der Waals surface area (Å²) in [6.07, 6.45) is 7.78. The van der Waals surface area contributed by atoms with Gasteiger partial charge in [-0.2, -0.15) is 0 Å². The van der Waals surface area contributed by atoms with Gasteiger partial charge in [-0.3, -0.25) is 9.69 Å². The molecule has 1 aromatic heterocycles. The van der Waals surface area contributed by atoms with Crippen molar-refractivity contribution in [2.75, 3.05) is 46.0 Å². The molecule has 0 unspecified atom stereocenters. The number of carbonyl (C=O) groups is 1. The van der Waals surface area contributed by atoms with E-state index in [1.54, 1.807) is 11.3 Å². The van der Waals surface area contributed by atoms with Crippen molar-refractivity contribution in [1.82, 2.24) is 9.80 Å². The van der Waals surface area contributed by atoms with Crippen LogP contribution in [0.1, 0.15) is 34.9 Å². The fraction of sp³-hybridized carbons (Fsp3) is 0.519. The zero-order valence-corrected chi connectivity index (χ0v) is 20.6. The summed E-state index contributed by atoms with van der Waals surface area (Å²) in [5, 5.41) is 12.5. The first-order valence-corrected chi connectivity index (χ1v) is 12.9. The molecule has 2 aliphatic rings. The fourth-order valence-electron chi connectivity index (χ4n) is 4.51. The molecule has 0 saturated heterocycles. The van der Waals surface area contributed by atoms with Crippen molar-refractivity contribution in [2.24, 2.45) is 5.92 Å². The molecule has 7 heteroatoms. The number of hydrogen-bond acceptors (Lipinski definition) is 6. The van der Waals surface area contributed by atoms with E-state index >= 15 is 0 Å². The molecular weight excluding hydrogens is 448 g/mol. The topological polar surface area (TPSA) is 62.2 Å². The largest absolute Gasteiger partial charge is 0.491 e. The summed E-state index contributed by atoms with van der Waals surface area (Å²) in [5.74, 6) is 3.92. The smallest absolute Gasteiger partial charge is 0.237 e. The molecule has 6 nitrogen and oxygen atoms in total. The number of aryl methyl sites for hydroxylation is 1. The first kappa shape index (κ1) is 24.7. The van der Waals surface area contributed by atoms with E-state index in [-0.39, 0.29) is 31.7 Å². The quantitative estimate of drug-likeness (QED) is 0.372. The van der Waals surface area contributed by atoms with Gasteiger partial charge in [-0.05, 0) is 66.8 Å². The number of thiophene rings is 1. The number of hydrogen-bond donors (Lipinski definition) is 1. The first-order chi connectivity index (χ1) is 16.5. The summed E-state index contributed by atoms with van der Waals surface area (Å²) < 4.78 is 11.4. The van der Waals surface area contributed by atoms with Crippen molar-refractivity contribution in [3.05, 3.63) is 51.7 Å². The number of benzene rings is 1. The Morgan fingerprint density at radius 3 is 3.00 bits per heavy atom. The van der Waals surface area contributed by atoms with E-state index in [2.05, 4.69) is 22.3 Å². The van der Waals surface area contributed by atoms with E-state index in [0.29, 0.717) is 25.6 Å². The second-order valence-electron chi connectivity index (χ2n) is 9.29. The Balaban J connectivity index is 1.42. The number of fused-ring (bicyclic) bond motifs is 1. The molecule has 2 aromatic rings. The summed E-state index contributed by atoms with van der Waals surface area (Å²) in [7, 11) is 0. The Bertz CT molecular complexity index is 997. The molecule has 1 aromatic carbocycles. The molecule has 1 fully saturated rings. The second-order valence-corrected chi connectivity index (χ2v) is 10.3. The van der Waals surface area contributed by atoms with Crippen molar-refractivity contribution >= 4 is 17.2 Å². The molecule has 1 N–H and O–H groups in total. The minimum Gasteiger partial charge on any atom is -0.491 e. The Labute approximate surface area is 206 Å². The Morgan fingerprint density at radius 1 is 1.38 bits per heavy atom. The standard InChI is InChI=1S/C27H34N2O4S/c1-3-12-32-18-22(30)16-28(15-21-7-8-21)17-27(31)29-11-9-26-24(10-13-34-26)25(29)19-33-23-6-4-5-20(2)14-23/h1,4-6,10,13-14,21-22,25,30H,7-9,11-12,15-19H2,2H3/t22-,25-/m1/s1. The lowest BCUT2D eigenvalue weighted by Crippen LogP contribution is -2.48. The van der Waals surface area contributed by atoms with Crippen LogP contribution in [0.5, 0.6) is 5.75 Å². The van der Waals surface area contributed by atoms with Crippen LogP contribution in [0.2, 0.25) is 0 Å². The number of carbonyl (C=O) groups excluding carboxylic acids is 1. The van der Waals surface area contributed by atoms with Crippen molar-refractivity contribution in [1.29, 1.82) is 0 Å². The van der Waals surface area contributed by atoms with Gasteiger partial charge in [0, 0.05) is 24.5 Å². The van der Waals surface area contributed by atoms with Gasteiger partial charge in [-0.25, -0.2) is 0 Å². The lowest BCUT2D eigenvalue weighted by molar-refractivity contribution is -0.136. The second kappa shape index (κ2) is 11.9. The average molecular weight is 483 g/mol. The molecule has 1 aliphatic heterocycles. The van der Waals surface area contributed by atoms with Gasteiger partial charge in [0.25, 0.3) is 0 Å². The van der Waals surface area contributed by atoms with Crippen LogP contribution in [0, 0.1) is 25.2 Å². The van der Waals surface area contributed by atoms with Crippen LogP contribution in [0.4, 0.5) is 0 Å². The van der Waals surface area contributed by atoms with Gasteiger partial charge in [0.2, 0.25) is 5.91 Å². The third kappa shape index (κ3) is 6.83. The van der Waals surface area contributed by atoms with Crippen molar-refractivity contribution in [3.63, 3.8) is 0 Å². The number of ether oxygens (including phenoxy) is 2. The number of nitrogens with zero attached hydrogens (tertiary/aromatic N) is 2. The predicted molar refractivity (Wildman–Crippen MR) is 134 cm³/mol. The van der Waals surface area contributed by atoms with Crippen molar-refractivity contribution in [2.45, 2.75) is 38.3 Å².